The van der Waals surface area contributed by atoms with Crippen LogP contribution in [0.5, 0.6) is 0 Å². The zero-order chi connectivity index (χ0) is 15.5. The third-order valence-electron chi connectivity index (χ3n) is 4.73. The van der Waals surface area contributed by atoms with Crippen molar-refractivity contribution in [3.63, 3.8) is 0 Å². The number of aromatic nitrogens is 1. The van der Waals surface area contributed by atoms with Gasteiger partial charge in [-0.3, -0.25) is 4.98 Å². The van der Waals surface area contributed by atoms with Gasteiger partial charge in [0, 0.05) is 17.6 Å². The lowest BCUT2D eigenvalue weighted by atomic mass is 9.89. The van der Waals surface area contributed by atoms with E-state index >= 15 is 0 Å². The van der Waals surface area contributed by atoms with Crippen LogP contribution in [-0.4, -0.2) is 11.5 Å². The molecule has 2 nitrogen and oxygen atoms in total. The molecule has 22 heavy (non-hydrogen) atoms. The molecule has 0 bridgehead atoms. The average molecular weight is 296 g/mol. The normalized spacial score (nSPS) is 14.5. The number of benzene rings is 1. The Labute approximate surface area is 134 Å². The number of para-hydroxylation sites is 1. The van der Waals surface area contributed by atoms with Crippen LogP contribution in [0.15, 0.2) is 18.2 Å². The Bertz CT molecular complexity index is 658. The highest BCUT2D eigenvalue weighted by atomic mass is 14.9. The van der Waals surface area contributed by atoms with E-state index < -0.39 is 0 Å². The van der Waals surface area contributed by atoms with Crippen molar-refractivity contribution in [2.24, 2.45) is 5.92 Å². The number of nitrogens with one attached hydrogen (secondary N) is 1. The summed E-state index contributed by atoms with van der Waals surface area (Å²) in [5.41, 5.74) is 7.03. The molecule has 0 aliphatic heterocycles. The van der Waals surface area contributed by atoms with E-state index in [1.54, 1.807) is 0 Å². The van der Waals surface area contributed by atoms with Crippen molar-refractivity contribution < 1.29 is 0 Å². The number of nitrogens with zero attached hydrogens (tertiary/aromatic N) is 1. The highest BCUT2D eigenvalue weighted by Gasteiger charge is 2.18. The highest BCUT2D eigenvalue weighted by Crippen LogP contribution is 2.30. The number of hydrogen-bond donors (Lipinski definition) is 1. The van der Waals surface area contributed by atoms with Gasteiger partial charge in [0.1, 0.15) is 0 Å². The summed E-state index contributed by atoms with van der Waals surface area (Å²) >= 11 is 0. The summed E-state index contributed by atoms with van der Waals surface area (Å²) < 4.78 is 0. The zero-order valence-corrected chi connectivity index (χ0v) is 14.2. The van der Waals surface area contributed by atoms with Gasteiger partial charge in [-0.05, 0) is 61.3 Å². The Morgan fingerprint density at radius 2 is 2.00 bits per heavy atom. The van der Waals surface area contributed by atoms with Gasteiger partial charge in [0.15, 0.2) is 0 Å². The molecule has 3 rings (SSSR count). The van der Waals surface area contributed by atoms with E-state index in [-0.39, 0.29) is 0 Å². The number of rotatable bonds is 5. The molecule has 1 aliphatic rings. The monoisotopic (exact) mass is 296 g/mol. The molecule has 0 radical (unpaired) electrons. The SMILES string of the molecule is CCc1cccc2c(CNCC(C)C)c3c(nc12)CCCC3. The minimum Gasteiger partial charge on any atom is -0.312 e. The summed E-state index contributed by atoms with van der Waals surface area (Å²) in [5.74, 6) is 0.690. The largest absolute Gasteiger partial charge is 0.312 e. The van der Waals surface area contributed by atoms with E-state index in [0.717, 1.165) is 25.9 Å². The van der Waals surface area contributed by atoms with E-state index in [1.165, 1.54) is 52.5 Å². The van der Waals surface area contributed by atoms with Crippen molar-refractivity contribution in [2.45, 2.75) is 59.4 Å². The fourth-order valence-corrected chi connectivity index (χ4v) is 3.58. The third-order valence-corrected chi connectivity index (χ3v) is 4.73. The first-order valence-corrected chi connectivity index (χ1v) is 8.83. The van der Waals surface area contributed by atoms with Crippen molar-refractivity contribution in [3.05, 3.63) is 40.6 Å². The van der Waals surface area contributed by atoms with E-state index in [2.05, 4.69) is 44.3 Å². The third kappa shape index (κ3) is 3.03. The maximum atomic E-state index is 5.06. The Balaban J connectivity index is 2.09. The fraction of sp³-hybridized carbons (Fsp3) is 0.550. The minimum atomic E-state index is 0.690. The Kier molecular flexibility index (Phi) is 4.77. The molecule has 2 heteroatoms. The molecule has 0 amide bonds. The lowest BCUT2D eigenvalue weighted by Gasteiger charge is -2.22. The van der Waals surface area contributed by atoms with Crippen molar-refractivity contribution in [1.29, 1.82) is 0 Å². The van der Waals surface area contributed by atoms with Crippen LogP contribution >= 0.6 is 0 Å². The lowest BCUT2D eigenvalue weighted by molar-refractivity contribution is 0.549. The van der Waals surface area contributed by atoms with Gasteiger partial charge in [-0.1, -0.05) is 39.0 Å². The van der Waals surface area contributed by atoms with Crippen molar-refractivity contribution in [1.82, 2.24) is 10.3 Å². The standard InChI is InChI=1S/C20H28N2/c1-4-15-8-7-10-17-18(13-21-12-14(2)3)16-9-5-6-11-19(16)22-20(15)17/h7-8,10,14,21H,4-6,9,11-13H2,1-3H3. The first-order chi connectivity index (χ1) is 10.7. The van der Waals surface area contributed by atoms with Gasteiger partial charge in [0.25, 0.3) is 0 Å². The molecule has 1 aromatic carbocycles. The molecule has 0 fully saturated rings. The maximum Gasteiger partial charge on any atom is 0.0740 e. The lowest BCUT2D eigenvalue weighted by Crippen LogP contribution is -2.21. The molecule has 0 saturated carbocycles. The van der Waals surface area contributed by atoms with E-state index in [4.69, 9.17) is 4.98 Å². The van der Waals surface area contributed by atoms with Crippen molar-refractivity contribution in [2.75, 3.05) is 6.54 Å². The van der Waals surface area contributed by atoms with Crippen molar-refractivity contribution >= 4 is 10.9 Å². The predicted octanol–water partition coefficient (Wildman–Crippen LogP) is 4.42. The molecule has 118 valence electrons. The molecular weight excluding hydrogens is 268 g/mol. The molecule has 1 aliphatic carbocycles. The van der Waals surface area contributed by atoms with Gasteiger partial charge in [0.2, 0.25) is 0 Å². The van der Waals surface area contributed by atoms with Gasteiger partial charge in [-0.15, -0.1) is 0 Å². The smallest absolute Gasteiger partial charge is 0.0740 e. The maximum absolute atomic E-state index is 5.06. The molecule has 2 aromatic rings. The van der Waals surface area contributed by atoms with Crippen LogP contribution in [-0.2, 0) is 25.8 Å². The molecule has 0 saturated heterocycles. The summed E-state index contributed by atoms with van der Waals surface area (Å²) in [6.07, 6.45) is 6.01. The van der Waals surface area contributed by atoms with Crippen LogP contribution in [0.4, 0.5) is 0 Å². The van der Waals surface area contributed by atoms with Crippen LogP contribution in [0.2, 0.25) is 0 Å². The average Bonchev–Trinajstić information content (AvgIpc) is 2.53. The predicted molar refractivity (Wildman–Crippen MR) is 94.3 cm³/mol. The molecule has 0 spiro atoms. The summed E-state index contributed by atoms with van der Waals surface area (Å²) in [6, 6.07) is 6.70. The molecule has 1 N–H and O–H groups in total. The second kappa shape index (κ2) is 6.78. The summed E-state index contributed by atoms with van der Waals surface area (Å²) in [6.45, 7) is 8.82. The van der Waals surface area contributed by atoms with E-state index in [0.29, 0.717) is 5.92 Å². The Morgan fingerprint density at radius 1 is 1.18 bits per heavy atom. The summed E-state index contributed by atoms with van der Waals surface area (Å²) in [7, 11) is 0. The van der Waals surface area contributed by atoms with Gasteiger partial charge in [-0.25, -0.2) is 0 Å². The first-order valence-electron chi connectivity index (χ1n) is 8.83. The molecule has 0 atom stereocenters. The van der Waals surface area contributed by atoms with Crippen LogP contribution < -0.4 is 5.32 Å². The van der Waals surface area contributed by atoms with Crippen LogP contribution in [0.3, 0.4) is 0 Å². The Morgan fingerprint density at radius 3 is 2.77 bits per heavy atom. The highest BCUT2D eigenvalue weighted by molar-refractivity contribution is 5.86. The number of aryl methyl sites for hydroxylation is 2. The Hall–Kier alpha value is -1.41. The van der Waals surface area contributed by atoms with Gasteiger partial charge >= 0.3 is 0 Å². The fourth-order valence-electron chi connectivity index (χ4n) is 3.58. The summed E-state index contributed by atoms with van der Waals surface area (Å²) in [4.78, 5) is 5.06. The molecule has 1 aromatic heterocycles. The molecule has 1 heterocycles. The van der Waals surface area contributed by atoms with Crippen LogP contribution in [0.1, 0.15) is 56.0 Å². The van der Waals surface area contributed by atoms with Crippen LogP contribution in [0.25, 0.3) is 10.9 Å². The van der Waals surface area contributed by atoms with Gasteiger partial charge in [0.05, 0.1) is 5.52 Å². The quantitative estimate of drug-likeness (QED) is 0.883. The van der Waals surface area contributed by atoms with Gasteiger partial charge < -0.3 is 5.32 Å². The van der Waals surface area contributed by atoms with Crippen LogP contribution in [0, 0.1) is 5.92 Å². The number of pyridine rings is 1. The number of fused-ring (bicyclic) bond motifs is 2. The summed E-state index contributed by atoms with van der Waals surface area (Å²) in [5, 5.41) is 5.02. The first kappa shape index (κ1) is 15.5. The second-order valence-corrected chi connectivity index (χ2v) is 6.91. The second-order valence-electron chi connectivity index (χ2n) is 6.91. The minimum absolute atomic E-state index is 0.690. The topological polar surface area (TPSA) is 24.9 Å². The van der Waals surface area contributed by atoms with Crippen molar-refractivity contribution in [3.8, 4) is 0 Å². The van der Waals surface area contributed by atoms with E-state index in [9.17, 15) is 0 Å². The number of hydrogen-bond acceptors (Lipinski definition) is 2. The molecule has 0 unspecified atom stereocenters. The van der Waals surface area contributed by atoms with E-state index in [1.807, 2.05) is 0 Å². The zero-order valence-electron chi connectivity index (χ0n) is 14.2. The molecular formula is C20H28N2. The van der Waals surface area contributed by atoms with Gasteiger partial charge in [-0.2, -0.15) is 0 Å².